The maximum atomic E-state index is 10.7. The van der Waals surface area contributed by atoms with Crippen molar-refractivity contribution in [3.05, 3.63) is 22.8 Å². The highest BCUT2D eigenvalue weighted by atomic mass is 16.4. The fourth-order valence-electron chi connectivity index (χ4n) is 4.30. The monoisotopic (exact) mass is 304 g/mol. The van der Waals surface area contributed by atoms with Gasteiger partial charge < -0.3 is 5.11 Å². The molecule has 2 heteroatoms. The SMILES string of the molecule is CC(C)C1=CC2=C(CC1)[C@@](C)(CCCCC(=O)O)C(C)CC2. The molecule has 0 bridgehead atoms. The molecule has 22 heavy (non-hydrogen) atoms. The highest BCUT2D eigenvalue weighted by Gasteiger charge is 2.39. The first-order valence-corrected chi connectivity index (χ1v) is 8.99. The molecule has 0 fully saturated rings. The molecule has 124 valence electrons. The van der Waals surface area contributed by atoms with Gasteiger partial charge in [0.15, 0.2) is 0 Å². The predicted octanol–water partition coefficient (Wildman–Crippen LogP) is 5.74. The number of carboxylic acid groups (broad SMARTS) is 1. The molecule has 0 saturated heterocycles. The van der Waals surface area contributed by atoms with Crippen LogP contribution in [0.4, 0.5) is 0 Å². The molecule has 1 N–H and O–H groups in total. The van der Waals surface area contributed by atoms with E-state index in [-0.39, 0.29) is 5.41 Å². The lowest BCUT2D eigenvalue weighted by molar-refractivity contribution is -0.137. The van der Waals surface area contributed by atoms with Crippen LogP contribution < -0.4 is 0 Å². The third-order valence-corrected chi connectivity index (χ3v) is 6.11. The molecule has 0 spiro atoms. The largest absolute Gasteiger partial charge is 0.481 e. The van der Waals surface area contributed by atoms with Gasteiger partial charge in [-0.15, -0.1) is 0 Å². The highest BCUT2D eigenvalue weighted by Crippen LogP contribution is 2.52. The zero-order valence-electron chi connectivity index (χ0n) is 14.7. The molecule has 0 aromatic carbocycles. The standard InChI is InChI=1S/C20H32O2/c1-14(2)16-10-11-18-17(13-16)9-8-15(3)20(18,4)12-6-5-7-19(21)22/h13-15H,5-12H2,1-4H3,(H,21,22)/t15?,20-/m0/s1. The van der Waals surface area contributed by atoms with Gasteiger partial charge in [0.2, 0.25) is 0 Å². The zero-order chi connectivity index (χ0) is 16.3. The van der Waals surface area contributed by atoms with Crippen molar-refractivity contribution in [1.29, 1.82) is 0 Å². The average Bonchev–Trinajstić information content (AvgIpc) is 2.47. The molecule has 0 aromatic rings. The van der Waals surface area contributed by atoms with E-state index < -0.39 is 5.97 Å². The van der Waals surface area contributed by atoms with E-state index in [4.69, 9.17) is 5.11 Å². The molecule has 0 aromatic heterocycles. The van der Waals surface area contributed by atoms with Crippen molar-refractivity contribution < 1.29 is 9.90 Å². The number of allylic oxidation sites excluding steroid dienone is 4. The minimum atomic E-state index is -0.663. The van der Waals surface area contributed by atoms with Gasteiger partial charge in [-0.05, 0) is 61.3 Å². The molecule has 2 rings (SSSR count). The zero-order valence-corrected chi connectivity index (χ0v) is 14.7. The molecule has 2 nitrogen and oxygen atoms in total. The quantitative estimate of drug-likeness (QED) is 0.635. The third-order valence-electron chi connectivity index (χ3n) is 6.11. The van der Waals surface area contributed by atoms with Gasteiger partial charge in [0.05, 0.1) is 0 Å². The van der Waals surface area contributed by atoms with E-state index in [0.29, 0.717) is 18.3 Å². The molecule has 2 atom stereocenters. The molecular formula is C20H32O2. The number of rotatable bonds is 6. The van der Waals surface area contributed by atoms with Crippen molar-refractivity contribution in [1.82, 2.24) is 0 Å². The summed E-state index contributed by atoms with van der Waals surface area (Å²) in [5.41, 5.74) is 5.19. The lowest BCUT2D eigenvalue weighted by atomic mass is 9.60. The number of aliphatic carboxylic acids is 1. The Hall–Kier alpha value is -1.05. The Balaban J connectivity index is 2.14. The predicted molar refractivity (Wildman–Crippen MR) is 91.8 cm³/mol. The first-order chi connectivity index (χ1) is 10.3. The third kappa shape index (κ3) is 3.64. The Labute approximate surface area is 135 Å². The van der Waals surface area contributed by atoms with Gasteiger partial charge in [-0.2, -0.15) is 0 Å². The van der Waals surface area contributed by atoms with E-state index in [0.717, 1.165) is 19.3 Å². The number of hydrogen-bond acceptors (Lipinski definition) is 1. The Morgan fingerprint density at radius 1 is 1.32 bits per heavy atom. The van der Waals surface area contributed by atoms with Crippen molar-refractivity contribution in [3.63, 3.8) is 0 Å². The van der Waals surface area contributed by atoms with Crippen LogP contribution in [0.1, 0.15) is 79.1 Å². The molecular weight excluding hydrogens is 272 g/mol. The molecule has 0 amide bonds. The second-order valence-corrected chi connectivity index (χ2v) is 7.84. The van der Waals surface area contributed by atoms with Gasteiger partial charge in [0, 0.05) is 6.42 Å². The fraction of sp³-hybridized carbons (Fsp3) is 0.750. The van der Waals surface area contributed by atoms with Crippen molar-refractivity contribution >= 4 is 5.97 Å². The maximum absolute atomic E-state index is 10.7. The number of carboxylic acids is 1. The van der Waals surface area contributed by atoms with Crippen molar-refractivity contribution in [2.75, 3.05) is 0 Å². The average molecular weight is 304 g/mol. The van der Waals surface area contributed by atoms with Gasteiger partial charge in [0.1, 0.15) is 0 Å². The van der Waals surface area contributed by atoms with Crippen LogP contribution in [0.3, 0.4) is 0 Å². The van der Waals surface area contributed by atoms with Gasteiger partial charge in [0.25, 0.3) is 0 Å². The number of carbonyl (C=O) groups is 1. The van der Waals surface area contributed by atoms with Crippen LogP contribution in [0, 0.1) is 17.3 Å². The fourth-order valence-corrected chi connectivity index (χ4v) is 4.30. The molecule has 2 aliphatic carbocycles. The normalized spacial score (nSPS) is 28.6. The van der Waals surface area contributed by atoms with Gasteiger partial charge in [-0.1, -0.05) is 51.3 Å². The van der Waals surface area contributed by atoms with Crippen LogP contribution in [0.15, 0.2) is 22.8 Å². The van der Waals surface area contributed by atoms with Crippen molar-refractivity contribution in [2.24, 2.45) is 17.3 Å². The second-order valence-electron chi connectivity index (χ2n) is 7.84. The van der Waals surface area contributed by atoms with E-state index >= 15 is 0 Å². The van der Waals surface area contributed by atoms with Crippen molar-refractivity contribution in [2.45, 2.75) is 79.1 Å². The van der Waals surface area contributed by atoms with Gasteiger partial charge in [-0.25, -0.2) is 0 Å². The van der Waals surface area contributed by atoms with Gasteiger partial charge >= 0.3 is 5.97 Å². The van der Waals surface area contributed by atoms with Crippen molar-refractivity contribution in [3.8, 4) is 0 Å². The topological polar surface area (TPSA) is 37.3 Å². The highest BCUT2D eigenvalue weighted by molar-refractivity contribution is 5.66. The second kappa shape index (κ2) is 7.02. The molecule has 0 heterocycles. The molecule has 0 saturated carbocycles. The van der Waals surface area contributed by atoms with Crippen LogP contribution in [-0.2, 0) is 4.79 Å². The minimum absolute atomic E-state index is 0.283. The summed E-state index contributed by atoms with van der Waals surface area (Å²) in [6, 6.07) is 0. The van der Waals surface area contributed by atoms with E-state index in [9.17, 15) is 4.79 Å². The smallest absolute Gasteiger partial charge is 0.303 e. The molecule has 2 aliphatic rings. The Bertz CT molecular complexity index is 484. The Kier molecular flexibility index (Phi) is 5.52. The minimum Gasteiger partial charge on any atom is -0.481 e. The first-order valence-electron chi connectivity index (χ1n) is 8.99. The first kappa shape index (κ1) is 17.3. The molecule has 0 radical (unpaired) electrons. The summed E-state index contributed by atoms with van der Waals surface area (Å²) in [4.78, 5) is 10.7. The maximum Gasteiger partial charge on any atom is 0.303 e. The summed E-state index contributed by atoms with van der Waals surface area (Å²) in [5.74, 6) is 0.712. The number of unbranched alkanes of at least 4 members (excludes halogenated alkanes) is 1. The van der Waals surface area contributed by atoms with E-state index in [1.165, 1.54) is 25.7 Å². The molecule has 1 unspecified atom stereocenters. The van der Waals surface area contributed by atoms with Crippen LogP contribution in [0.25, 0.3) is 0 Å². The van der Waals surface area contributed by atoms with Crippen LogP contribution in [-0.4, -0.2) is 11.1 Å². The summed E-state index contributed by atoms with van der Waals surface area (Å²) < 4.78 is 0. The van der Waals surface area contributed by atoms with Crippen LogP contribution in [0.5, 0.6) is 0 Å². The number of hydrogen-bond donors (Lipinski definition) is 1. The lowest BCUT2D eigenvalue weighted by Crippen LogP contribution is -2.33. The summed E-state index contributed by atoms with van der Waals surface area (Å²) in [6.45, 7) is 9.42. The Morgan fingerprint density at radius 2 is 2.05 bits per heavy atom. The van der Waals surface area contributed by atoms with Gasteiger partial charge in [-0.3, -0.25) is 4.79 Å². The summed E-state index contributed by atoms with van der Waals surface area (Å²) in [7, 11) is 0. The lowest BCUT2D eigenvalue weighted by Gasteiger charge is -2.45. The summed E-state index contributed by atoms with van der Waals surface area (Å²) in [5, 5.41) is 8.82. The van der Waals surface area contributed by atoms with E-state index in [1.807, 2.05) is 0 Å². The van der Waals surface area contributed by atoms with Crippen LogP contribution >= 0.6 is 0 Å². The van der Waals surface area contributed by atoms with E-state index in [2.05, 4.69) is 33.8 Å². The molecule has 0 aliphatic heterocycles. The Morgan fingerprint density at radius 3 is 2.68 bits per heavy atom. The summed E-state index contributed by atoms with van der Waals surface area (Å²) in [6.07, 6.45) is 10.7. The van der Waals surface area contributed by atoms with Crippen LogP contribution in [0.2, 0.25) is 0 Å². The van der Waals surface area contributed by atoms with E-state index in [1.54, 1.807) is 16.7 Å². The summed E-state index contributed by atoms with van der Waals surface area (Å²) >= 11 is 0.